The average molecular weight is 468 g/mol. The van der Waals surface area contributed by atoms with Crippen LogP contribution in [0.3, 0.4) is 0 Å². The maximum Gasteiger partial charge on any atom is 0.255 e. The topological polar surface area (TPSA) is 45.2 Å². The molecule has 1 fully saturated rings. The van der Waals surface area contributed by atoms with Crippen LogP contribution in [0.25, 0.3) is 22.0 Å². The highest BCUT2D eigenvalue weighted by molar-refractivity contribution is 6.05. The maximum absolute atomic E-state index is 13.2. The molecule has 0 spiro atoms. The number of amides is 1. The first-order valence-electron chi connectivity index (χ1n) is 12.3. The zero-order valence-corrected chi connectivity index (χ0v) is 20.2. The predicted octanol–water partition coefficient (Wildman–Crippen LogP) is 7.06. The van der Waals surface area contributed by atoms with Crippen molar-refractivity contribution in [1.82, 2.24) is 9.88 Å². The molecule has 5 rings (SSSR count). The number of anilines is 1. The van der Waals surface area contributed by atoms with Gasteiger partial charge in [-0.1, -0.05) is 36.8 Å². The molecule has 0 unspecified atom stereocenters. The number of carbonyl (C=O) groups excluding carboxylic acids is 1. The summed E-state index contributed by atoms with van der Waals surface area (Å²) in [6.07, 6.45) is 3.79. The molecule has 2 atom stereocenters. The molecule has 1 aromatic heterocycles. The molecule has 4 nitrogen and oxygen atoms in total. The number of aromatic nitrogens is 1. The van der Waals surface area contributed by atoms with Gasteiger partial charge >= 0.3 is 0 Å². The molecule has 2 heterocycles. The summed E-state index contributed by atoms with van der Waals surface area (Å²) in [7, 11) is 0. The summed E-state index contributed by atoms with van der Waals surface area (Å²) in [5, 5.41) is 3.98. The van der Waals surface area contributed by atoms with E-state index in [4.69, 9.17) is 4.98 Å². The normalized spacial score (nSPS) is 18.5. The van der Waals surface area contributed by atoms with Crippen molar-refractivity contribution in [1.29, 1.82) is 0 Å². The summed E-state index contributed by atoms with van der Waals surface area (Å²) in [6, 6.07) is 24.8. The predicted molar refractivity (Wildman–Crippen MR) is 140 cm³/mol. The van der Waals surface area contributed by atoms with Gasteiger partial charge in [0, 0.05) is 35.3 Å². The Bertz CT molecular complexity index is 1320. The van der Waals surface area contributed by atoms with Crippen LogP contribution in [0.1, 0.15) is 49.2 Å². The van der Waals surface area contributed by atoms with Crippen LogP contribution in [-0.4, -0.2) is 27.9 Å². The van der Waals surface area contributed by atoms with E-state index in [1.165, 1.54) is 31.4 Å². The van der Waals surface area contributed by atoms with Crippen LogP contribution in [0.4, 0.5) is 10.1 Å². The molecule has 3 aromatic carbocycles. The third-order valence-electron chi connectivity index (χ3n) is 7.05. The van der Waals surface area contributed by atoms with E-state index in [1.54, 1.807) is 24.3 Å². The number of rotatable bonds is 5. The van der Waals surface area contributed by atoms with Crippen LogP contribution in [0.15, 0.2) is 78.9 Å². The van der Waals surface area contributed by atoms with Crippen molar-refractivity contribution < 1.29 is 9.18 Å². The average Bonchev–Trinajstić information content (AvgIpc) is 2.87. The van der Waals surface area contributed by atoms with E-state index in [0.717, 1.165) is 40.0 Å². The second-order valence-corrected chi connectivity index (χ2v) is 9.55. The Morgan fingerprint density at radius 2 is 1.57 bits per heavy atom. The van der Waals surface area contributed by atoms with E-state index >= 15 is 0 Å². The van der Waals surface area contributed by atoms with Gasteiger partial charge in [0.15, 0.2) is 0 Å². The largest absolute Gasteiger partial charge is 0.322 e. The summed E-state index contributed by atoms with van der Waals surface area (Å²) in [6.45, 7) is 5.48. The van der Waals surface area contributed by atoms with Gasteiger partial charge in [0.25, 0.3) is 5.91 Å². The summed E-state index contributed by atoms with van der Waals surface area (Å²) in [5.74, 6) is -0.439. The maximum atomic E-state index is 13.2. The van der Waals surface area contributed by atoms with Crippen molar-refractivity contribution in [3.8, 4) is 11.1 Å². The molecule has 5 heteroatoms. The summed E-state index contributed by atoms with van der Waals surface area (Å²) in [4.78, 5) is 20.2. The third kappa shape index (κ3) is 5.25. The van der Waals surface area contributed by atoms with E-state index < -0.39 is 0 Å². The number of hydrogen-bond donors (Lipinski definition) is 1. The number of hydrogen-bond acceptors (Lipinski definition) is 3. The zero-order chi connectivity index (χ0) is 24.4. The van der Waals surface area contributed by atoms with Crippen molar-refractivity contribution in [3.05, 3.63) is 95.9 Å². The van der Waals surface area contributed by atoms with Crippen molar-refractivity contribution in [3.63, 3.8) is 0 Å². The second kappa shape index (κ2) is 9.96. The van der Waals surface area contributed by atoms with Crippen LogP contribution in [0.5, 0.6) is 0 Å². The zero-order valence-electron chi connectivity index (χ0n) is 20.2. The van der Waals surface area contributed by atoms with E-state index in [0.29, 0.717) is 17.6 Å². The van der Waals surface area contributed by atoms with Gasteiger partial charge in [-0.2, -0.15) is 0 Å². The van der Waals surface area contributed by atoms with Crippen molar-refractivity contribution in [2.75, 3.05) is 5.32 Å². The molecule has 1 aliphatic rings. The number of likely N-dealkylation sites (tertiary alicyclic amines) is 1. The number of carbonyl (C=O) groups is 1. The first-order chi connectivity index (χ1) is 17.0. The van der Waals surface area contributed by atoms with Crippen LogP contribution in [-0.2, 0) is 6.54 Å². The highest BCUT2D eigenvalue weighted by atomic mass is 19.1. The minimum absolute atomic E-state index is 0.173. The SMILES string of the molecule is C[C@@H]1CCC[C@H](C)N1Cc1ccc2cc(NC(=O)c3ccc(-c4ccc(F)cc4)cc3)ccc2n1. The van der Waals surface area contributed by atoms with Gasteiger partial charge in [-0.15, -0.1) is 0 Å². The van der Waals surface area contributed by atoms with Crippen molar-refractivity contribution in [2.45, 2.75) is 51.7 Å². The molecule has 1 N–H and O–H groups in total. The molecule has 0 aliphatic carbocycles. The Morgan fingerprint density at radius 3 is 2.26 bits per heavy atom. The first kappa shape index (κ1) is 23.2. The van der Waals surface area contributed by atoms with Gasteiger partial charge in [0.1, 0.15) is 5.82 Å². The lowest BCUT2D eigenvalue weighted by Gasteiger charge is -2.38. The number of fused-ring (bicyclic) bond motifs is 1. The standard InChI is InChI=1S/C30H30FN3O/c1-20-4-3-5-21(2)34(20)19-28-15-12-25-18-27(16-17-29(25)32-28)33-30(35)24-8-6-22(7-9-24)23-10-13-26(31)14-11-23/h6-18,20-21H,3-5,19H2,1-2H3,(H,33,35)/t20-,21+. The van der Waals surface area contributed by atoms with E-state index in [9.17, 15) is 9.18 Å². The third-order valence-corrected chi connectivity index (χ3v) is 7.05. The van der Waals surface area contributed by atoms with Crippen molar-refractivity contribution in [2.24, 2.45) is 0 Å². The molecule has 178 valence electrons. The molecule has 0 bridgehead atoms. The molecule has 4 aromatic rings. The number of piperidine rings is 1. The minimum Gasteiger partial charge on any atom is -0.322 e. The number of pyridine rings is 1. The number of benzene rings is 3. The molecule has 1 aliphatic heterocycles. The summed E-state index contributed by atoms with van der Waals surface area (Å²) in [5.41, 5.74) is 5.15. The number of halogens is 1. The molecule has 1 saturated heterocycles. The summed E-state index contributed by atoms with van der Waals surface area (Å²) >= 11 is 0. The minimum atomic E-state index is -0.266. The van der Waals surface area contributed by atoms with E-state index in [-0.39, 0.29) is 11.7 Å². The molecule has 0 saturated carbocycles. The molecular weight excluding hydrogens is 437 g/mol. The highest BCUT2D eigenvalue weighted by Gasteiger charge is 2.24. The highest BCUT2D eigenvalue weighted by Crippen LogP contribution is 2.26. The first-order valence-corrected chi connectivity index (χ1v) is 12.3. The lowest BCUT2D eigenvalue weighted by atomic mass is 9.97. The molecular formula is C30H30FN3O. The smallest absolute Gasteiger partial charge is 0.255 e. The van der Waals surface area contributed by atoms with Crippen molar-refractivity contribution >= 4 is 22.5 Å². The van der Waals surface area contributed by atoms with Crippen LogP contribution in [0, 0.1) is 5.82 Å². The fourth-order valence-electron chi connectivity index (χ4n) is 4.97. The van der Waals surface area contributed by atoms with Gasteiger partial charge in [-0.05, 0) is 86.3 Å². The molecule has 35 heavy (non-hydrogen) atoms. The quantitative estimate of drug-likeness (QED) is 0.342. The fraction of sp³-hybridized carbons (Fsp3) is 0.267. The number of nitrogens with zero attached hydrogens (tertiary/aromatic N) is 2. The Labute approximate surface area is 205 Å². The summed E-state index contributed by atoms with van der Waals surface area (Å²) < 4.78 is 13.2. The second-order valence-electron chi connectivity index (χ2n) is 9.55. The number of nitrogens with one attached hydrogen (secondary N) is 1. The van der Waals surface area contributed by atoms with Crippen LogP contribution < -0.4 is 5.32 Å². The Kier molecular flexibility index (Phi) is 6.60. The van der Waals surface area contributed by atoms with E-state index in [2.05, 4.69) is 36.2 Å². The monoisotopic (exact) mass is 467 g/mol. The van der Waals surface area contributed by atoms with Gasteiger partial charge in [0.2, 0.25) is 0 Å². The Morgan fingerprint density at radius 1 is 0.914 bits per heavy atom. The molecule has 0 radical (unpaired) electrons. The van der Waals surface area contributed by atoms with Crippen LogP contribution >= 0.6 is 0 Å². The lowest BCUT2D eigenvalue weighted by Crippen LogP contribution is -2.43. The van der Waals surface area contributed by atoms with Gasteiger partial charge < -0.3 is 5.32 Å². The van der Waals surface area contributed by atoms with Gasteiger partial charge in [0.05, 0.1) is 11.2 Å². The fourth-order valence-corrected chi connectivity index (χ4v) is 4.97. The lowest BCUT2D eigenvalue weighted by molar-refractivity contribution is 0.0939. The molecule has 1 amide bonds. The Hall–Kier alpha value is -3.57. The van der Waals surface area contributed by atoms with Gasteiger partial charge in [-0.25, -0.2) is 4.39 Å². The van der Waals surface area contributed by atoms with Gasteiger partial charge in [-0.3, -0.25) is 14.7 Å². The Balaban J connectivity index is 1.27. The van der Waals surface area contributed by atoms with Crippen LogP contribution in [0.2, 0.25) is 0 Å². The van der Waals surface area contributed by atoms with E-state index in [1.807, 2.05) is 30.3 Å².